The SMILES string of the molecule is CCCCc1c(N2c3ccc(-c4ccccc4)cc3B3c4cc(-c5ccccc5)ccc4N(c4c(-c5ccccc5)cc(-c5ccccc5)cc4-c4ccccc4)c4cc(C(C)(C)C)cc2c43)ccc2c1sc1ccccc12. The van der Waals surface area contributed by atoms with Gasteiger partial charge in [-0.25, -0.2) is 0 Å². The third kappa shape index (κ3) is 8.09. The molecule has 0 saturated carbocycles. The van der Waals surface area contributed by atoms with Crippen LogP contribution in [0.15, 0.2) is 249 Å². The van der Waals surface area contributed by atoms with Crippen molar-refractivity contribution in [3.63, 3.8) is 0 Å². The highest BCUT2D eigenvalue weighted by molar-refractivity contribution is 7.26. The first kappa shape index (κ1) is 47.7. The van der Waals surface area contributed by atoms with Crippen LogP contribution in [0.25, 0.3) is 75.8 Å². The van der Waals surface area contributed by atoms with Crippen LogP contribution in [0.1, 0.15) is 51.7 Å². The van der Waals surface area contributed by atoms with Gasteiger partial charge in [0, 0.05) is 54.0 Å². The number of fused-ring (bicyclic) bond motifs is 7. The molecule has 4 heteroatoms. The second-order valence-corrected chi connectivity index (χ2v) is 23.3. The van der Waals surface area contributed by atoms with Gasteiger partial charge in [0.05, 0.1) is 11.4 Å². The molecule has 14 rings (SSSR count). The largest absolute Gasteiger partial charge is 0.311 e. The maximum absolute atomic E-state index is 2.70. The van der Waals surface area contributed by atoms with Gasteiger partial charge >= 0.3 is 0 Å². The van der Waals surface area contributed by atoms with Crippen molar-refractivity contribution in [2.75, 3.05) is 9.80 Å². The number of benzene rings is 11. The number of rotatable bonds is 10. The minimum absolute atomic E-state index is 0.107. The van der Waals surface area contributed by atoms with Crippen molar-refractivity contribution in [1.82, 2.24) is 0 Å². The van der Waals surface area contributed by atoms with Gasteiger partial charge < -0.3 is 9.80 Å². The van der Waals surface area contributed by atoms with Crippen LogP contribution < -0.4 is 26.2 Å². The number of thiophene rings is 1. The van der Waals surface area contributed by atoms with Crippen LogP contribution in [0.5, 0.6) is 0 Å². The molecule has 0 spiro atoms. The van der Waals surface area contributed by atoms with E-state index in [1.807, 2.05) is 11.3 Å². The zero-order valence-electron chi connectivity index (χ0n) is 44.7. The molecule has 0 saturated heterocycles. The number of nitrogens with zero attached hydrogens (tertiary/aromatic N) is 2. The summed E-state index contributed by atoms with van der Waals surface area (Å²) in [5.41, 5.74) is 25.6. The number of hydrogen-bond donors (Lipinski definition) is 0. The lowest BCUT2D eigenvalue weighted by atomic mass is 9.33. The molecule has 2 aliphatic heterocycles. The normalized spacial score (nSPS) is 12.7. The minimum Gasteiger partial charge on any atom is -0.311 e. The fourth-order valence-electron chi connectivity index (χ4n) is 12.5. The molecule has 0 aliphatic carbocycles. The van der Waals surface area contributed by atoms with E-state index in [-0.39, 0.29) is 12.1 Å². The summed E-state index contributed by atoms with van der Waals surface area (Å²) >= 11 is 1.96. The standard InChI is InChI=1S/C74H59BN2S/c1-5-6-34-60-65(42-39-59-58-35-22-23-36-70(58)78-73(59)60)76-66-40-37-54(49-24-12-7-13-25-49)45-63(66)75-64-46-55(50-26-14-8-15-27-50)38-41-67(64)77(69-48-57(74(2,3)4)47-68(76)71(69)75)72-61(52-30-18-10-19-31-52)43-56(51-28-16-9-17-29-51)44-62(72)53-32-20-11-21-33-53/h7-33,35-48H,5-6,34H2,1-4H3. The predicted molar refractivity (Wildman–Crippen MR) is 338 cm³/mol. The second-order valence-electron chi connectivity index (χ2n) is 22.2. The number of hydrogen-bond acceptors (Lipinski definition) is 3. The Labute approximate surface area is 463 Å². The first-order chi connectivity index (χ1) is 38.3. The Bertz CT molecular complexity index is 4160. The van der Waals surface area contributed by atoms with Crippen molar-refractivity contribution < 1.29 is 0 Å². The number of anilines is 6. The second kappa shape index (κ2) is 19.4. The lowest BCUT2D eigenvalue weighted by Gasteiger charge is -2.46. The van der Waals surface area contributed by atoms with Gasteiger partial charge in [-0.15, -0.1) is 11.3 Å². The molecule has 0 unspecified atom stereocenters. The first-order valence-electron chi connectivity index (χ1n) is 27.8. The Morgan fingerprint density at radius 3 is 1.38 bits per heavy atom. The molecular formula is C74H59BN2S. The molecule has 0 N–H and O–H groups in total. The highest BCUT2D eigenvalue weighted by Crippen LogP contribution is 2.53. The number of aryl methyl sites for hydroxylation is 1. The van der Waals surface area contributed by atoms with Crippen LogP contribution in [-0.2, 0) is 11.8 Å². The van der Waals surface area contributed by atoms with Crippen LogP contribution in [0, 0.1) is 0 Å². The summed E-state index contributed by atoms with van der Waals surface area (Å²) in [6.07, 6.45) is 3.20. The summed E-state index contributed by atoms with van der Waals surface area (Å²) in [6.45, 7) is 9.37. The Hall–Kier alpha value is -8.70. The zero-order valence-corrected chi connectivity index (χ0v) is 45.5. The highest BCUT2D eigenvalue weighted by Gasteiger charge is 2.46. The molecule has 0 amide bonds. The summed E-state index contributed by atoms with van der Waals surface area (Å²) in [7, 11) is 0. The molecule has 0 atom stereocenters. The molecular weight excluding hydrogens is 960 g/mol. The number of unbranched alkanes of at least 4 members (excludes halogenated alkanes) is 1. The first-order valence-corrected chi connectivity index (χ1v) is 28.6. The van der Waals surface area contributed by atoms with E-state index < -0.39 is 0 Å². The third-order valence-corrected chi connectivity index (χ3v) is 17.6. The van der Waals surface area contributed by atoms with Gasteiger partial charge in [-0.2, -0.15) is 0 Å². The molecule has 3 heterocycles. The Morgan fingerprint density at radius 1 is 0.397 bits per heavy atom. The van der Waals surface area contributed by atoms with E-state index in [0.717, 1.165) is 19.3 Å². The molecule has 2 nitrogen and oxygen atoms in total. The summed E-state index contributed by atoms with van der Waals surface area (Å²) < 4.78 is 2.73. The van der Waals surface area contributed by atoms with Gasteiger partial charge in [0.25, 0.3) is 6.71 Å². The predicted octanol–water partition coefficient (Wildman–Crippen LogP) is 19.1. The maximum Gasteiger partial charge on any atom is 0.252 e. The molecule has 374 valence electrons. The Balaban J connectivity index is 1.15. The zero-order chi connectivity index (χ0) is 52.5. The average molecular weight is 1020 g/mol. The Kier molecular flexibility index (Phi) is 11.9. The topological polar surface area (TPSA) is 6.48 Å². The molecule has 11 aromatic carbocycles. The van der Waals surface area contributed by atoms with E-state index in [1.165, 1.54) is 137 Å². The van der Waals surface area contributed by atoms with Crippen molar-refractivity contribution in [1.29, 1.82) is 0 Å². The van der Waals surface area contributed by atoms with Gasteiger partial charge in [-0.1, -0.05) is 234 Å². The molecule has 12 aromatic rings. The van der Waals surface area contributed by atoms with E-state index in [9.17, 15) is 0 Å². The molecule has 0 bridgehead atoms. The van der Waals surface area contributed by atoms with Gasteiger partial charge in [0.15, 0.2) is 0 Å². The van der Waals surface area contributed by atoms with Crippen molar-refractivity contribution in [3.8, 4) is 55.6 Å². The van der Waals surface area contributed by atoms with Crippen LogP contribution in [0.2, 0.25) is 0 Å². The average Bonchev–Trinajstić information content (AvgIpc) is 4.04. The Morgan fingerprint density at radius 2 is 0.859 bits per heavy atom. The van der Waals surface area contributed by atoms with Gasteiger partial charge in [0.2, 0.25) is 0 Å². The molecule has 0 radical (unpaired) electrons. The van der Waals surface area contributed by atoms with Crippen molar-refractivity contribution in [2.24, 2.45) is 0 Å². The smallest absolute Gasteiger partial charge is 0.252 e. The molecule has 2 aliphatic rings. The summed E-state index contributed by atoms with van der Waals surface area (Å²) in [5.74, 6) is 0. The van der Waals surface area contributed by atoms with E-state index in [2.05, 4.69) is 286 Å². The lowest BCUT2D eigenvalue weighted by Crippen LogP contribution is -2.61. The van der Waals surface area contributed by atoms with Crippen molar-refractivity contribution in [2.45, 2.75) is 52.4 Å². The van der Waals surface area contributed by atoms with Gasteiger partial charge in [0.1, 0.15) is 0 Å². The summed E-state index contributed by atoms with van der Waals surface area (Å²) in [4.78, 5) is 5.38. The van der Waals surface area contributed by atoms with Crippen molar-refractivity contribution >= 4 is 88.7 Å². The highest BCUT2D eigenvalue weighted by atomic mass is 32.1. The van der Waals surface area contributed by atoms with E-state index in [0.29, 0.717) is 0 Å². The maximum atomic E-state index is 2.70. The fraction of sp³-hybridized carbons (Fsp3) is 0.108. The van der Waals surface area contributed by atoms with Gasteiger partial charge in [-0.05, 0) is 139 Å². The summed E-state index contributed by atoms with van der Waals surface area (Å²) in [6, 6.07) is 93.6. The van der Waals surface area contributed by atoms with Crippen molar-refractivity contribution in [3.05, 3.63) is 260 Å². The summed E-state index contributed by atoms with van der Waals surface area (Å²) in [5, 5.41) is 2.68. The van der Waals surface area contributed by atoms with E-state index >= 15 is 0 Å². The fourth-order valence-corrected chi connectivity index (χ4v) is 13.8. The van der Waals surface area contributed by atoms with Crippen LogP contribution in [0.4, 0.5) is 34.1 Å². The molecule has 78 heavy (non-hydrogen) atoms. The third-order valence-electron chi connectivity index (χ3n) is 16.4. The lowest BCUT2D eigenvalue weighted by molar-refractivity contribution is 0.590. The van der Waals surface area contributed by atoms with Crippen LogP contribution in [-0.4, -0.2) is 6.71 Å². The van der Waals surface area contributed by atoms with E-state index in [1.54, 1.807) is 0 Å². The molecule has 1 aromatic heterocycles. The molecule has 0 fully saturated rings. The monoisotopic (exact) mass is 1020 g/mol. The van der Waals surface area contributed by atoms with E-state index in [4.69, 9.17) is 0 Å². The quantitative estimate of drug-likeness (QED) is 0.126. The van der Waals surface area contributed by atoms with Gasteiger partial charge in [-0.3, -0.25) is 0 Å². The van der Waals surface area contributed by atoms with Crippen LogP contribution in [0.3, 0.4) is 0 Å². The minimum atomic E-state index is -0.199. The van der Waals surface area contributed by atoms with Crippen LogP contribution >= 0.6 is 11.3 Å².